The molecule has 0 saturated heterocycles. The molecule has 0 amide bonds. The van der Waals surface area contributed by atoms with Crippen molar-refractivity contribution in [2.45, 2.75) is 115 Å². The van der Waals surface area contributed by atoms with Crippen molar-refractivity contribution in [1.82, 2.24) is 5.48 Å². The average Bonchev–Trinajstić information content (AvgIpc) is 2.87. The van der Waals surface area contributed by atoms with Crippen LogP contribution >= 0.6 is 0 Å². The van der Waals surface area contributed by atoms with Gasteiger partial charge in [-0.1, -0.05) is 120 Å². The molecule has 2 N–H and O–H groups in total. The first kappa shape index (κ1) is 31.2. The Balaban J connectivity index is 1.72. The van der Waals surface area contributed by atoms with E-state index < -0.39 is 12.1 Å². The summed E-state index contributed by atoms with van der Waals surface area (Å²) < 4.78 is 5.35. The lowest BCUT2D eigenvalue weighted by Crippen LogP contribution is -2.18. The predicted molar refractivity (Wildman–Crippen MR) is 137 cm³/mol. The Kier molecular flexibility index (Phi) is 21.3. The molecule has 0 heterocycles. The Hall–Kier alpha value is -1.80. The molecular weight excluding hydrogens is 446 g/mol. The third kappa shape index (κ3) is 20.1. The first-order valence-corrected chi connectivity index (χ1v) is 13.6. The number of rotatable bonds is 26. The summed E-state index contributed by atoms with van der Waals surface area (Å²) in [7, 11) is 0. The molecule has 0 aliphatic heterocycles. The van der Waals surface area contributed by atoms with E-state index in [0.717, 1.165) is 37.7 Å². The van der Waals surface area contributed by atoms with E-state index in [0.29, 0.717) is 6.42 Å². The standard InChI is InChI=1S/C28H47NO6/c30-24-27(26-20-16-15-17-21-26)33-25-34-35-29-23-19-14-12-10-8-6-4-2-1-3-5-7-9-11-13-18-22-28(31)32/h15-17,20-21,24,27,29H,1-14,18-19,22-23,25H2,(H,31,32). The molecular formula is C28H47NO6. The predicted octanol–water partition coefficient (Wildman–Crippen LogP) is 7.07. The Morgan fingerprint density at radius 3 is 1.74 bits per heavy atom. The summed E-state index contributed by atoms with van der Waals surface area (Å²) in [4.78, 5) is 31.4. The van der Waals surface area contributed by atoms with Crippen molar-refractivity contribution in [2.75, 3.05) is 13.3 Å². The number of carboxylic acid groups (broad SMARTS) is 1. The van der Waals surface area contributed by atoms with Gasteiger partial charge in [0.25, 0.3) is 0 Å². The van der Waals surface area contributed by atoms with Crippen LogP contribution in [0.1, 0.15) is 121 Å². The van der Waals surface area contributed by atoms with Crippen LogP contribution in [0.5, 0.6) is 0 Å². The number of hydrogen-bond donors (Lipinski definition) is 2. The van der Waals surface area contributed by atoms with Crippen molar-refractivity contribution in [3.8, 4) is 0 Å². The minimum Gasteiger partial charge on any atom is -0.481 e. The molecule has 1 unspecified atom stereocenters. The van der Waals surface area contributed by atoms with Gasteiger partial charge in [0.1, 0.15) is 6.10 Å². The number of hydroxylamine groups is 1. The Morgan fingerprint density at radius 1 is 0.771 bits per heavy atom. The molecule has 0 saturated carbocycles. The summed E-state index contributed by atoms with van der Waals surface area (Å²) in [5.41, 5.74) is 3.55. The summed E-state index contributed by atoms with van der Waals surface area (Å²) in [6, 6.07) is 9.27. The van der Waals surface area contributed by atoms with E-state index in [1.807, 2.05) is 30.3 Å². The molecule has 0 aliphatic rings. The highest BCUT2D eigenvalue weighted by Gasteiger charge is 2.10. The first-order valence-electron chi connectivity index (χ1n) is 13.6. The summed E-state index contributed by atoms with van der Waals surface area (Å²) >= 11 is 0. The van der Waals surface area contributed by atoms with Gasteiger partial charge in [0.15, 0.2) is 13.1 Å². The van der Waals surface area contributed by atoms with Gasteiger partial charge in [-0.05, 0) is 18.4 Å². The van der Waals surface area contributed by atoms with Gasteiger partial charge in [-0.15, -0.1) is 4.99 Å². The lowest BCUT2D eigenvalue weighted by Gasteiger charge is -2.11. The van der Waals surface area contributed by atoms with Gasteiger partial charge in [-0.25, -0.2) is 0 Å². The van der Waals surface area contributed by atoms with E-state index in [9.17, 15) is 9.59 Å². The minimum atomic E-state index is -0.673. The fourth-order valence-corrected chi connectivity index (χ4v) is 4.01. The first-order chi connectivity index (χ1) is 17.2. The van der Waals surface area contributed by atoms with Gasteiger partial charge >= 0.3 is 5.97 Å². The molecule has 1 aromatic rings. The zero-order valence-electron chi connectivity index (χ0n) is 21.5. The number of unbranched alkanes of at least 4 members (excludes halogenated alkanes) is 15. The molecule has 0 spiro atoms. The Labute approximate surface area is 211 Å². The van der Waals surface area contributed by atoms with Crippen LogP contribution in [0, 0.1) is 0 Å². The van der Waals surface area contributed by atoms with E-state index in [4.69, 9.17) is 19.7 Å². The number of carbonyl (C=O) groups is 2. The summed E-state index contributed by atoms with van der Waals surface area (Å²) in [5, 5.41) is 8.60. The number of ether oxygens (including phenoxy) is 1. The average molecular weight is 494 g/mol. The second-order valence-electron chi connectivity index (χ2n) is 9.15. The molecule has 1 aromatic carbocycles. The van der Waals surface area contributed by atoms with Gasteiger partial charge in [0.2, 0.25) is 0 Å². The molecule has 0 bridgehead atoms. The molecule has 1 rings (SSSR count). The van der Waals surface area contributed by atoms with Gasteiger partial charge in [-0.3, -0.25) is 4.79 Å². The van der Waals surface area contributed by atoms with Gasteiger partial charge in [0.05, 0.1) is 0 Å². The molecule has 0 radical (unpaired) electrons. The normalized spacial score (nSPS) is 12.0. The Morgan fingerprint density at radius 2 is 1.26 bits per heavy atom. The van der Waals surface area contributed by atoms with Crippen LogP contribution in [-0.2, 0) is 24.2 Å². The molecule has 35 heavy (non-hydrogen) atoms. The number of aliphatic carboxylic acids is 1. The van der Waals surface area contributed by atoms with Crippen molar-refractivity contribution < 1.29 is 29.3 Å². The molecule has 1 atom stereocenters. The van der Waals surface area contributed by atoms with Gasteiger partial charge in [-0.2, -0.15) is 10.4 Å². The van der Waals surface area contributed by atoms with Crippen molar-refractivity contribution in [1.29, 1.82) is 0 Å². The minimum absolute atomic E-state index is 0.124. The lowest BCUT2D eigenvalue weighted by molar-refractivity contribution is -0.374. The Bertz CT molecular complexity index is 613. The summed E-state index contributed by atoms with van der Waals surface area (Å²) in [5.74, 6) is -0.673. The van der Waals surface area contributed by atoms with Crippen LogP contribution in [0.2, 0.25) is 0 Å². The van der Waals surface area contributed by atoms with Crippen LogP contribution in [0.4, 0.5) is 0 Å². The third-order valence-electron chi connectivity index (χ3n) is 6.08. The maximum atomic E-state index is 11.1. The molecule has 0 fully saturated rings. The molecule has 7 heteroatoms. The number of hydrogen-bond acceptors (Lipinski definition) is 6. The molecule has 0 aliphatic carbocycles. The maximum absolute atomic E-state index is 11.1. The maximum Gasteiger partial charge on any atom is 0.303 e. The van der Waals surface area contributed by atoms with Crippen LogP contribution in [-0.4, -0.2) is 30.7 Å². The van der Waals surface area contributed by atoms with Crippen molar-refractivity contribution >= 4 is 12.3 Å². The molecule has 0 aromatic heterocycles. The van der Waals surface area contributed by atoms with Gasteiger partial charge in [0, 0.05) is 13.0 Å². The lowest BCUT2D eigenvalue weighted by atomic mass is 10.0. The fourth-order valence-electron chi connectivity index (χ4n) is 4.01. The smallest absolute Gasteiger partial charge is 0.303 e. The van der Waals surface area contributed by atoms with Crippen LogP contribution in [0.15, 0.2) is 30.3 Å². The third-order valence-corrected chi connectivity index (χ3v) is 6.08. The monoisotopic (exact) mass is 493 g/mol. The second-order valence-corrected chi connectivity index (χ2v) is 9.15. The zero-order valence-corrected chi connectivity index (χ0v) is 21.5. The quantitative estimate of drug-likeness (QED) is 0.0468. The summed E-state index contributed by atoms with van der Waals surface area (Å²) in [6.45, 7) is 0.597. The van der Waals surface area contributed by atoms with E-state index >= 15 is 0 Å². The molecule has 200 valence electrons. The number of aldehydes is 1. The fraction of sp³-hybridized carbons (Fsp3) is 0.714. The summed E-state index contributed by atoms with van der Waals surface area (Å²) in [6.07, 6.45) is 20.1. The van der Waals surface area contributed by atoms with Crippen LogP contribution in [0.3, 0.4) is 0 Å². The number of nitrogens with one attached hydrogen (secondary N) is 1. The number of carboxylic acids is 1. The zero-order chi connectivity index (χ0) is 25.2. The molecule has 7 nitrogen and oxygen atoms in total. The van der Waals surface area contributed by atoms with E-state index in [1.165, 1.54) is 83.5 Å². The highest BCUT2D eigenvalue weighted by molar-refractivity contribution is 5.66. The van der Waals surface area contributed by atoms with Gasteiger partial charge < -0.3 is 14.6 Å². The van der Waals surface area contributed by atoms with E-state index in [1.54, 1.807) is 0 Å². The van der Waals surface area contributed by atoms with Crippen LogP contribution in [0.25, 0.3) is 0 Å². The van der Waals surface area contributed by atoms with Crippen molar-refractivity contribution in [2.24, 2.45) is 0 Å². The van der Waals surface area contributed by atoms with Crippen molar-refractivity contribution in [3.05, 3.63) is 35.9 Å². The number of carbonyl (C=O) groups excluding carboxylic acids is 1. The highest BCUT2D eigenvalue weighted by Crippen LogP contribution is 2.15. The van der Waals surface area contributed by atoms with Crippen molar-refractivity contribution in [3.63, 3.8) is 0 Å². The van der Waals surface area contributed by atoms with E-state index in [2.05, 4.69) is 5.48 Å². The largest absolute Gasteiger partial charge is 0.481 e. The number of benzene rings is 1. The van der Waals surface area contributed by atoms with Crippen LogP contribution < -0.4 is 5.48 Å². The van der Waals surface area contributed by atoms with E-state index in [-0.39, 0.29) is 6.79 Å². The highest BCUT2D eigenvalue weighted by atomic mass is 17.3. The second kappa shape index (κ2) is 23.9. The SMILES string of the molecule is O=CC(OCOONCCCCCCCCCCCCCCCCCCC(=O)O)c1ccccc1. The topological polar surface area (TPSA) is 94.1 Å².